The van der Waals surface area contributed by atoms with Crippen molar-refractivity contribution >= 4 is 22.7 Å². The summed E-state index contributed by atoms with van der Waals surface area (Å²) in [5, 5.41) is 1.06. The van der Waals surface area contributed by atoms with E-state index in [9.17, 15) is 9.59 Å². The molecule has 0 spiro atoms. The van der Waals surface area contributed by atoms with E-state index in [1.807, 2.05) is 48.0 Å². The van der Waals surface area contributed by atoms with Crippen molar-refractivity contribution in [2.75, 3.05) is 19.8 Å². The summed E-state index contributed by atoms with van der Waals surface area (Å²) in [5.74, 6) is -0.169. The first kappa shape index (κ1) is 19.4. The van der Waals surface area contributed by atoms with Crippen LogP contribution in [0.5, 0.6) is 5.75 Å². The molecular formula is C21H23N3O4. The number of nitrogens with zero attached hydrogens (tertiary/aromatic N) is 1. The minimum atomic E-state index is -0.416. The number of carbonyl (C=O) groups excluding carboxylic acids is 2. The Bertz CT molecular complexity index is 951. The van der Waals surface area contributed by atoms with E-state index >= 15 is 0 Å². The van der Waals surface area contributed by atoms with Crippen LogP contribution in [-0.4, -0.2) is 36.2 Å². The first-order chi connectivity index (χ1) is 13.7. The van der Waals surface area contributed by atoms with Gasteiger partial charge in [-0.05, 0) is 42.6 Å². The van der Waals surface area contributed by atoms with Gasteiger partial charge in [-0.25, -0.2) is 0 Å². The Morgan fingerprint density at radius 2 is 1.86 bits per heavy atom. The Morgan fingerprint density at radius 1 is 1.00 bits per heavy atom. The molecule has 0 radical (unpaired) electrons. The molecule has 146 valence electrons. The van der Waals surface area contributed by atoms with Crippen LogP contribution < -0.4 is 15.6 Å². The van der Waals surface area contributed by atoms with Crippen LogP contribution in [0.25, 0.3) is 10.9 Å². The third kappa shape index (κ3) is 5.11. The number of aromatic nitrogens is 1. The van der Waals surface area contributed by atoms with E-state index in [1.54, 1.807) is 24.3 Å². The number of para-hydroxylation sites is 1. The zero-order valence-electron chi connectivity index (χ0n) is 15.7. The highest BCUT2D eigenvalue weighted by molar-refractivity contribution is 5.95. The van der Waals surface area contributed by atoms with E-state index in [4.69, 9.17) is 9.47 Å². The third-order valence-electron chi connectivity index (χ3n) is 4.11. The topological polar surface area (TPSA) is 81.6 Å². The van der Waals surface area contributed by atoms with Crippen LogP contribution in [0.1, 0.15) is 17.3 Å². The van der Waals surface area contributed by atoms with Gasteiger partial charge in [-0.3, -0.25) is 20.4 Å². The molecule has 0 aliphatic carbocycles. The zero-order valence-corrected chi connectivity index (χ0v) is 15.7. The summed E-state index contributed by atoms with van der Waals surface area (Å²) >= 11 is 0. The maximum absolute atomic E-state index is 12.3. The van der Waals surface area contributed by atoms with Crippen molar-refractivity contribution in [1.82, 2.24) is 15.4 Å². The summed E-state index contributed by atoms with van der Waals surface area (Å²) in [4.78, 5) is 24.5. The number of hydrogen-bond acceptors (Lipinski definition) is 4. The van der Waals surface area contributed by atoms with E-state index in [0.717, 1.165) is 10.9 Å². The van der Waals surface area contributed by atoms with Crippen LogP contribution in [0, 0.1) is 0 Å². The molecule has 0 fully saturated rings. The van der Waals surface area contributed by atoms with E-state index in [0.29, 0.717) is 31.1 Å². The number of nitrogens with one attached hydrogen (secondary N) is 2. The minimum absolute atomic E-state index is 0.106. The molecule has 2 amide bonds. The summed E-state index contributed by atoms with van der Waals surface area (Å²) in [5.41, 5.74) is 6.22. The molecule has 0 unspecified atom stereocenters. The highest BCUT2D eigenvalue weighted by atomic mass is 16.5. The molecule has 0 aliphatic rings. The van der Waals surface area contributed by atoms with Crippen molar-refractivity contribution in [3.05, 3.63) is 66.4 Å². The second kappa shape index (κ2) is 9.57. The maximum Gasteiger partial charge on any atom is 0.269 e. The lowest BCUT2D eigenvalue weighted by Crippen LogP contribution is -2.43. The van der Waals surface area contributed by atoms with Gasteiger partial charge in [0.1, 0.15) is 18.9 Å². The standard InChI is InChI=1S/C21H23N3O4/c1-2-27-12-13-28-18-8-5-7-17(14-18)21(26)23-22-20(25)15-24-11-10-16-6-3-4-9-19(16)24/h3-11,14H,2,12-13,15H2,1H3,(H,22,25)(H,23,26). The molecule has 1 aromatic heterocycles. The van der Waals surface area contributed by atoms with Crippen molar-refractivity contribution in [3.63, 3.8) is 0 Å². The van der Waals surface area contributed by atoms with Crippen molar-refractivity contribution in [2.45, 2.75) is 13.5 Å². The largest absolute Gasteiger partial charge is 0.491 e. The van der Waals surface area contributed by atoms with Crippen LogP contribution in [0.4, 0.5) is 0 Å². The molecule has 2 aromatic carbocycles. The van der Waals surface area contributed by atoms with Gasteiger partial charge in [-0.15, -0.1) is 0 Å². The molecule has 0 aliphatic heterocycles. The molecule has 3 rings (SSSR count). The maximum atomic E-state index is 12.3. The van der Waals surface area contributed by atoms with E-state index in [1.165, 1.54) is 0 Å². The fourth-order valence-corrected chi connectivity index (χ4v) is 2.76. The van der Waals surface area contributed by atoms with Crippen LogP contribution in [0.3, 0.4) is 0 Å². The molecule has 28 heavy (non-hydrogen) atoms. The molecule has 0 bridgehead atoms. The Kier molecular flexibility index (Phi) is 6.64. The van der Waals surface area contributed by atoms with Gasteiger partial charge in [-0.1, -0.05) is 24.3 Å². The molecule has 3 aromatic rings. The number of carbonyl (C=O) groups is 2. The van der Waals surface area contributed by atoms with Gasteiger partial charge in [0, 0.05) is 23.9 Å². The van der Waals surface area contributed by atoms with Gasteiger partial charge in [-0.2, -0.15) is 0 Å². The Labute approximate surface area is 163 Å². The molecular weight excluding hydrogens is 358 g/mol. The van der Waals surface area contributed by atoms with Gasteiger partial charge in [0.2, 0.25) is 0 Å². The fourth-order valence-electron chi connectivity index (χ4n) is 2.76. The van der Waals surface area contributed by atoms with E-state index in [2.05, 4.69) is 10.9 Å². The highest BCUT2D eigenvalue weighted by Gasteiger charge is 2.10. The quantitative estimate of drug-likeness (QED) is 0.464. The molecule has 1 heterocycles. The third-order valence-corrected chi connectivity index (χ3v) is 4.11. The Morgan fingerprint density at radius 3 is 2.71 bits per heavy atom. The van der Waals surface area contributed by atoms with Gasteiger partial charge in [0.25, 0.3) is 11.8 Å². The number of fused-ring (bicyclic) bond motifs is 1. The van der Waals surface area contributed by atoms with Crippen molar-refractivity contribution in [2.24, 2.45) is 0 Å². The lowest BCUT2D eigenvalue weighted by molar-refractivity contribution is -0.122. The second-order valence-corrected chi connectivity index (χ2v) is 6.08. The highest BCUT2D eigenvalue weighted by Crippen LogP contribution is 2.15. The van der Waals surface area contributed by atoms with Crippen LogP contribution >= 0.6 is 0 Å². The van der Waals surface area contributed by atoms with Crippen molar-refractivity contribution in [1.29, 1.82) is 0 Å². The first-order valence-corrected chi connectivity index (χ1v) is 9.11. The number of hydrazine groups is 1. The second-order valence-electron chi connectivity index (χ2n) is 6.08. The predicted octanol–water partition coefficient (Wildman–Crippen LogP) is 2.52. The number of hydrogen-bond donors (Lipinski definition) is 2. The molecule has 7 nitrogen and oxygen atoms in total. The van der Waals surface area contributed by atoms with E-state index < -0.39 is 5.91 Å². The lowest BCUT2D eigenvalue weighted by Gasteiger charge is -2.10. The van der Waals surface area contributed by atoms with Crippen molar-refractivity contribution in [3.8, 4) is 5.75 Å². The molecule has 0 atom stereocenters. The molecule has 2 N–H and O–H groups in total. The number of benzene rings is 2. The number of rotatable bonds is 8. The first-order valence-electron chi connectivity index (χ1n) is 9.11. The monoisotopic (exact) mass is 381 g/mol. The predicted molar refractivity (Wildman–Crippen MR) is 106 cm³/mol. The normalized spacial score (nSPS) is 10.6. The number of amides is 2. The smallest absolute Gasteiger partial charge is 0.269 e. The zero-order chi connectivity index (χ0) is 19.8. The summed E-state index contributed by atoms with van der Waals surface area (Å²) < 4.78 is 12.6. The average Bonchev–Trinajstić information content (AvgIpc) is 3.12. The Hall–Kier alpha value is -3.32. The van der Waals surface area contributed by atoms with Gasteiger partial charge >= 0.3 is 0 Å². The molecule has 0 saturated heterocycles. The molecule has 0 saturated carbocycles. The van der Waals surface area contributed by atoms with Crippen LogP contribution in [0.2, 0.25) is 0 Å². The summed E-state index contributed by atoms with van der Waals surface area (Å²) in [7, 11) is 0. The summed E-state index contributed by atoms with van der Waals surface area (Å²) in [6.45, 7) is 3.54. The SMILES string of the molecule is CCOCCOc1cccc(C(=O)NNC(=O)Cn2ccc3ccccc32)c1. The van der Waals surface area contributed by atoms with E-state index in [-0.39, 0.29) is 12.5 Å². The van der Waals surface area contributed by atoms with Crippen LogP contribution in [-0.2, 0) is 16.1 Å². The number of ether oxygens (including phenoxy) is 2. The Balaban J connectivity index is 1.51. The van der Waals surface area contributed by atoms with Gasteiger partial charge in [0.05, 0.1) is 6.61 Å². The van der Waals surface area contributed by atoms with Crippen molar-refractivity contribution < 1.29 is 19.1 Å². The average molecular weight is 381 g/mol. The van der Waals surface area contributed by atoms with Gasteiger partial charge < -0.3 is 14.0 Å². The summed E-state index contributed by atoms with van der Waals surface area (Å²) in [6, 6.07) is 16.5. The summed E-state index contributed by atoms with van der Waals surface area (Å²) in [6.07, 6.45) is 1.84. The van der Waals surface area contributed by atoms with Crippen LogP contribution in [0.15, 0.2) is 60.8 Å². The lowest BCUT2D eigenvalue weighted by atomic mass is 10.2. The molecule has 7 heteroatoms. The fraction of sp³-hybridized carbons (Fsp3) is 0.238. The minimum Gasteiger partial charge on any atom is -0.491 e. The van der Waals surface area contributed by atoms with Gasteiger partial charge in [0.15, 0.2) is 0 Å².